The van der Waals surface area contributed by atoms with E-state index in [0.29, 0.717) is 0 Å². The van der Waals surface area contributed by atoms with Gasteiger partial charge >= 0.3 is 0 Å². The van der Waals surface area contributed by atoms with Crippen molar-refractivity contribution in [2.75, 3.05) is 14.1 Å². The zero-order valence-electron chi connectivity index (χ0n) is 10.6. The molecule has 0 aromatic carbocycles. The summed E-state index contributed by atoms with van der Waals surface area (Å²) in [6.07, 6.45) is 10.7. The molecule has 0 saturated carbocycles. The van der Waals surface area contributed by atoms with E-state index in [2.05, 4.69) is 21.5 Å². The average Bonchev–Trinajstić information content (AvgIpc) is 2.69. The monoisotopic (exact) mass is 222 g/mol. The summed E-state index contributed by atoms with van der Waals surface area (Å²) in [7, 11) is 3.91. The third-order valence-corrected chi connectivity index (χ3v) is 2.35. The summed E-state index contributed by atoms with van der Waals surface area (Å²) in [4.78, 5) is 10.5. The Hall–Kier alpha value is -1.32. The van der Waals surface area contributed by atoms with Gasteiger partial charge in [-0.25, -0.2) is 9.98 Å². The molecule has 4 heteroatoms. The average molecular weight is 222 g/mol. The van der Waals surface area contributed by atoms with Crippen LogP contribution in [0.15, 0.2) is 17.4 Å². The van der Waals surface area contributed by atoms with Gasteiger partial charge in [-0.1, -0.05) is 26.2 Å². The number of aryl methyl sites for hydroxylation is 1. The first-order chi connectivity index (χ1) is 7.74. The van der Waals surface area contributed by atoms with Crippen molar-refractivity contribution in [3.63, 3.8) is 0 Å². The summed E-state index contributed by atoms with van der Waals surface area (Å²) in [6, 6.07) is 0. The predicted molar refractivity (Wildman–Crippen MR) is 68.2 cm³/mol. The SMILES string of the molecule is CCCCCCn1ccnc1/N=C/N(C)C. The van der Waals surface area contributed by atoms with Gasteiger partial charge in [0.25, 0.3) is 0 Å². The highest BCUT2D eigenvalue weighted by atomic mass is 15.2. The molecule has 0 spiro atoms. The fourth-order valence-electron chi connectivity index (χ4n) is 1.48. The highest BCUT2D eigenvalue weighted by Gasteiger charge is 1.99. The van der Waals surface area contributed by atoms with Gasteiger partial charge in [-0.2, -0.15) is 0 Å². The molecule has 0 aliphatic rings. The first kappa shape index (κ1) is 12.7. The summed E-state index contributed by atoms with van der Waals surface area (Å²) in [5, 5.41) is 0. The van der Waals surface area contributed by atoms with Crippen LogP contribution in [0.5, 0.6) is 0 Å². The lowest BCUT2D eigenvalue weighted by Crippen LogP contribution is -2.07. The summed E-state index contributed by atoms with van der Waals surface area (Å²) in [5.41, 5.74) is 0. The lowest BCUT2D eigenvalue weighted by Gasteiger charge is -2.05. The molecule has 1 rings (SSSR count). The molecular weight excluding hydrogens is 200 g/mol. The Kier molecular flexibility index (Phi) is 5.61. The second kappa shape index (κ2) is 7.04. The Bertz CT molecular complexity index is 315. The maximum atomic E-state index is 4.32. The Morgan fingerprint density at radius 2 is 2.19 bits per heavy atom. The molecule has 0 radical (unpaired) electrons. The number of unbranched alkanes of at least 4 members (excludes halogenated alkanes) is 3. The Balaban J connectivity index is 2.44. The van der Waals surface area contributed by atoms with Crippen LogP contribution < -0.4 is 0 Å². The normalized spacial score (nSPS) is 11.2. The maximum absolute atomic E-state index is 4.32. The number of hydrogen-bond donors (Lipinski definition) is 0. The molecule has 90 valence electrons. The number of aromatic nitrogens is 2. The van der Waals surface area contributed by atoms with Crippen molar-refractivity contribution in [1.29, 1.82) is 0 Å². The predicted octanol–water partition coefficient (Wildman–Crippen LogP) is 2.68. The molecule has 0 amide bonds. The third-order valence-electron chi connectivity index (χ3n) is 2.35. The van der Waals surface area contributed by atoms with Crippen LogP contribution in [0.2, 0.25) is 0 Å². The van der Waals surface area contributed by atoms with Crippen LogP contribution in [0.4, 0.5) is 5.95 Å². The molecule has 0 fully saturated rings. The van der Waals surface area contributed by atoms with E-state index in [1.54, 1.807) is 6.34 Å². The van der Waals surface area contributed by atoms with Gasteiger partial charge in [-0.05, 0) is 6.42 Å². The molecule has 0 bridgehead atoms. The van der Waals surface area contributed by atoms with Crippen LogP contribution in [0.25, 0.3) is 0 Å². The topological polar surface area (TPSA) is 33.4 Å². The number of nitrogens with zero attached hydrogens (tertiary/aromatic N) is 4. The van der Waals surface area contributed by atoms with E-state index in [1.807, 2.05) is 31.4 Å². The van der Waals surface area contributed by atoms with Gasteiger partial charge in [-0.3, -0.25) is 0 Å². The van der Waals surface area contributed by atoms with Crippen molar-refractivity contribution in [1.82, 2.24) is 14.5 Å². The molecule has 4 nitrogen and oxygen atoms in total. The summed E-state index contributed by atoms with van der Waals surface area (Å²) in [5.74, 6) is 0.796. The van der Waals surface area contributed by atoms with Crippen molar-refractivity contribution in [2.24, 2.45) is 4.99 Å². The second-order valence-corrected chi connectivity index (χ2v) is 4.19. The van der Waals surface area contributed by atoms with Gasteiger partial charge in [0, 0.05) is 33.0 Å². The van der Waals surface area contributed by atoms with E-state index in [4.69, 9.17) is 0 Å². The molecule has 0 unspecified atom stereocenters. The highest BCUT2D eigenvalue weighted by molar-refractivity contribution is 5.57. The first-order valence-corrected chi connectivity index (χ1v) is 5.95. The van der Waals surface area contributed by atoms with E-state index in [-0.39, 0.29) is 0 Å². The molecule has 0 aliphatic heterocycles. The molecule has 16 heavy (non-hydrogen) atoms. The van der Waals surface area contributed by atoms with Crippen molar-refractivity contribution in [3.8, 4) is 0 Å². The van der Waals surface area contributed by atoms with Gasteiger partial charge in [0.05, 0.1) is 6.34 Å². The van der Waals surface area contributed by atoms with Crippen molar-refractivity contribution in [2.45, 2.75) is 39.2 Å². The summed E-state index contributed by atoms with van der Waals surface area (Å²) >= 11 is 0. The van der Waals surface area contributed by atoms with Crippen LogP contribution >= 0.6 is 0 Å². The molecule has 1 aromatic heterocycles. The Labute approximate surface area is 98.0 Å². The molecule has 0 aliphatic carbocycles. The zero-order chi connectivity index (χ0) is 11.8. The first-order valence-electron chi connectivity index (χ1n) is 5.95. The van der Waals surface area contributed by atoms with Gasteiger partial charge in [0.1, 0.15) is 0 Å². The van der Waals surface area contributed by atoms with Crippen LogP contribution in [-0.2, 0) is 6.54 Å². The van der Waals surface area contributed by atoms with E-state index in [9.17, 15) is 0 Å². The third kappa shape index (κ3) is 4.47. The lowest BCUT2D eigenvalue weighted by atomic mass is 10.2. The molecule has 0 atom stereocenters. The fourth-order valence-corrected chi connectivity index (χ4v) is 1.48. The van der Waals surface area contributed by atoms with Gasteiger partial charge < -0.3 is 9.47 Å². The van der Waals surface area contributed by atoms with E-state index in [1.165, 1.54) is 25.7 Å². The molecule has 0 saturated heterocycles. The Morgan fingerprint density at radius 3 is 2.88 bits per heavy atom. The standard InChI is InChI=1S/C12H22N4/c1-4-5-6-7-9-16-10-8-13-12(16)14-11-15(2)3/h8,10-11H,4-7,9H2,1-3H3/b14-11+. The van der Waals surface area contributed by atoms with Gasteiger partial charge in [0.2, 0.25) is 5.95 Å². The highest BCUT2D eigenvalue weighted by Crippen LogP contribution is 2.10. The molecule has 0 N–H and O–H groups in total. The zero-order valence-corrected chi connectivity index (χ0v) is 10.6. The smallest absolute Gasteiger partial charge is 0.230 e. The van der Waals surface area contributed by atoms with Gasteiger partial charge in [-0.15, -0.1) is 0 Å². The van der Waals surface area contributed by atoms with E-state index < -0.39 is 0 Å². The molecular formula is C12H22N4. The van der Waals surface area contributed by atoms with E-state index >= 15 is 0 Å². The Morgan fingerprint density at radius 1 is 1.38 bits per heavy atom. The van der Waals surface area contributed by atoms with Crippen LogP contribution in [0.3, 0.4) is 0 Å². The van der Waals surface area contributed by atoms with Crippen molar-refractivity contribution in [3.05, 3.63) is 12.4 Å². The number of aliphatic imine (C=N–C) groups is 1. The second-order valence-electron chi connectivity index (χ2n) is 4.19. The number of hydrogen-bond acceptors (Lipinski definition) is 2. The molecule has 1 heterocycles. The molecule has 1 aromatic rings. The van der Waals surface area contributed by atoms with Crippen molar-refractivity contribution >= 4 is 12.3 Å². The minimum absolute atomic E-state index is 0.796. The van der Waals surface area contributed by atoms with Crippen LogP contribution in [0, 0.1) is 0 Å². The largest absolute Gasteiger partial charge is 0.369 e. The van der Waals surface area contributed by atoms with Crippen molar-refractivity contribution < 1.29 is 0 Å². The van der Waals surface area contributed by atoms with E-state index in [0.717, 1.165) is 12.5 Å². The quantitative estimate of drug-likeness (QED) is 0.404. The number of rotatable bonds is 7. The van der Waals surface area contributed by atoms with Crippen LogP contribution in [-0.4, -0.2) is 34.9 Å². The lowest BCUT2D eigenvalue weighted by molar-refractivity contribution is 0.583. The summed E-state index contributed by atoms with van der Waals surface area (Å²) in [6.45, 7) is 3.24. The maximum Gasteiger partial charge on any atom is 0.230 e. The van der Waals surface area contributed by atoms with Crippen LogP contribution in [0.1, 0.15) is 32.6 Å². The van der Waals surface area contributed by atoms with Gasteiger partial charge in [0.15, 0.2) is 0 Å². The summed E-state index contributed by atoms with van der Waals surface area (Å²) < 4.78 is 2.11. The fraction of sp³-hybridized carbons (Fsp3) is 0.667. The minimum atomic E-state index is 0.796. The minimum Gasteiger partial charge on any atom is -0.369 e. The number of imidazole rings is 1.